The lowest BCUT2D eigenvalue weighted by Crippen LogP contribution is -2.12. The van der Waals surface area contributed by atoms with Crippen LogP contribution < -0.4 is 4.74 Å². The van der Waals surface area contributed by atoms with E-state index in [2.05, 4.69) is 10.2 Å². The number of benzene rings is 1. The van der Waals surface area contributed by atoms with Crippen molar-refractivity contribution in [3.8, 4) is 17.0 Å². The normalized spacial score (nSPS) is 12.3. The first kappa shape index (κ1) is 12.7. The number of halogens is 1. The van der Waals surface area contributed by atoms with Gasteiger partial charge in [-0.3, -0.25) is 5.10 Å². The number of rotatable bonds is 3. The first-order valence-electron chi connectivity index (χ1n) is 6.31. The van der Waals surface area contributed by atoms with Crippen LogP contribution in [0.15, 0.2) is 18.2 Å². The Balaban J connectivity index is 2.03. The molecule has 0 radical (unpaired) electrons. The van der Waals surface area contributed by atoms with E-state index in [0.29, 0.717) is 34.9 Å². The molecule has 0 atom stereocenters. The van der Waals surface area contributed by atoms with Crippen LogP contribution in [-0.2, 0) is 18.0 Å². The Morgan fingerprint density at radius 3 is 3.15 bits per heavy atom. The van der Waals surface area contributed by atoms with Gasteiger partial charge in [0.2, 0.25) is 0 Å². The van der Waals surface area contributed by atoms with Crippen LogP contribution in [0, 0.1) is 0 Å². The van der Waals surface area contributed by atoms with Crippen molar-refractivity contribution in [3.63, 3.8) is 0 Å². The van der Waals surface area contributed by atoms with Crippen LogP contribution >= 0.6 is 0 Å². The molecular formula is C14H13FN2O3. The Hall–Kier alpha value is -2.37. The van der Waals surface area contributed by atoms with Gasteiger partial charge in [-0.1, -0.05) is 6.07 Å². The molecule has 0 saturated carbocycles. The summed E-state index contributed by atoms with van der Waals surface area (Å²) in [5, 5.41) is 6.85. The molecule has 1 aliphatic rings. The van der Waals surface area contributed by atoms with Crippen molar-refractivity contribution in [2.24, 2.45) is 0 Å². The molecule has 2 heterocycles. The van der Waals surface area contributed by atoms with Gasteiger partial charge in [0.05, 0.1) is 12.2 Å². The van der Waals surface area contributed by atoms with E-state index < -0.39 is 12.6 Å². The van der Waals surface area contributed by atoms with Gasteiger partial charge in [-0.15, -0.1) is 0 Å². The highest BCUT2D eigenvalue weighted by Crippen LogP contribution is 2.38. The van der Waals surface area contributed by atoms with E-state index >= 15 is 0 Å². The highest BCUT2D eigenvalue weighted by Gasteiger charge is 2.27. The van der Waals surface area contributed by atoms with Crippen molar-refractivity contribution < 1.29 is 18.7 Å². The number of fused-ring (bicyclic) bond motifs is 3. The first-order chi connectivity index (χ1) is 9.74. The van der Waals surface area contributed by atoms with Crippen LogP contribution in [-0.4, -0.2) is 22.8 Å². The Bertz CT molecular complexity index is 666. The van der Waals surface area contributed by atoms with Gasteiger partial charge in [0.15, 0.2) is 5.69 Å². The predicted octanol–water partition coefficient (Wildman–Crippen LogP) is 2.62. The zero-order chi connectivity index (χ0) is 14.1. The average molecular weight is 276 g/mol. The van der Waals surface area contributed by atoms with Crippen molar-refractivity contribution >= 4 is 5.97 Å². The SMILES string of the molecule is CCOC(=O)c1[nH]nc2c1COc1cc(CF)ccc1-2. The van der Waals surface area contributed by atoms with Gasteiger partial charge in [0.1, 0.15) is 24.7 Å². The monoisotopic (exact) mass is 276 g/mol. The van der Waals surface area contributed by atoms with Gasteiger partial charge >= 0.3 is 5.97 Å². The fourth-order valence-corrected chi connectivity index (χ4v) is 2.22. The average Bonchev–Trinajstić information content (AvgIpc) is 2.91. The topological polar surface area (TPSA) is 64.2 Å². The third-order valence-corrected chi connectivity index (χ3v) is 3.17. The summed E-state index contributed by atoms with van der Waals surface area (Å²) in [6, 6.07) is 5.07. The van der Waals surface area contributed by atoms with Crippen LogP contribution in [0.3, 0.4) is 0 Å². The summed E-state index contributed by atoms with van der Waals surface area (Å²) in [4.78, 5) is 11.8. The number of carbonyl (C=O) groups is 1. The molecule has 0 fully saturated rings. The van der Waals surface area contributed by atoms with Crippen molar-refractivity contribution in [2.75, 3.05) is 6.61 Å². The first-order valence-corrected chi connectivity index (χ1v) is 6.31. The van der Waals surface area contributed by atoms with Crippen molar-refractivity contribution in [1.82, 2.24) is 10.2 Å². The number of H-pyrrole nitrogens is 1. The van der Waals surface area contributed by atoms with Crippen LogP contribution in [0.25, 0.3) is 11.3 Å². The second-order valence-corrected chi connectivity index (χ2v) is 4.40. The van der Waals surface area contributed by atoms with Crippen LogP contribution in [0.1, 0.15) is 28.5 Å². The maximum Gasteiger partial charge on any atom is 0.356 e. The van der Waals surface area contributed by atoms with Gasteiger partial charge in [0, 0.05) is 5.56 Å². The minimum atomic E-state index is -0.544. The summed E-state index contributed by atoms with van der Waals surface area (Å²) < 4.78 is 23.2. The van der Waals surface area contributed by atoms with Crippen molar-refractivity contribution in [1.29, 1.82) is 0 Å². The van der Waals surface area contributed by atoms with E-state index in [1.807, 2.05) is 0 Å². The Labute approximate surface area is 114 Å². The zero-order valence-electron chi connectivity index (χ0n) is 10.9. The third-order valence-electron chi connectivity index (χ3n) is 3.17. The summed E-state index contributed by atoms with van der Waals surface area (Å²) >= 11 is 0. The fraction of sp³-hybridized carbons (Fsp3) is 0.286. The number of hydrogen-bond donors (Lipinski definition) is 1. The summed E-state index contributed by atoms with van der Waals surface area (Å²) in [7, 11) is 0. The maximum absolute atomic E-state index is 12.6. The van der Waals surface area contributed by atoms with E-state index in [4.69, 9.17) is 9.47 Å². The molecule has 5 nitrogen and oxygen atoms in total. The molecule has 0 spiro atoms. The number of hydrogen-bond acceptors (Lipinski definition) is 4. The molecule has 1 aromatic heterocycles. The minimum Gasteiger partial charge on any atom is -0.488 e. The highest BCUT2D eigenvalue weighted by molar-refractivity contribution is 5.92. The molecule has 104 valence electrons. The predicted molar refractivity (Wildman–Crippen MR) is 69.1 cm³/mol. The number of carbonyl (C=O) groups excluding carboxylic acids is 1. The highest BCUT2D eigenvalue weighted by atomic mass is 19.1. The molecule has 0 saturated heterocycles. The lowest BCUT2D eigenvalue weighted by molar-refractivity contribution is 0.0516. The molecule has 20 heavy (non-hydrogen) atoms. The van der Waals surface area contributed by atoms with Gasteiger partial charge < -0.3 is 9.47 Å². The molecular weight excluding hydrogens is 263 g/mol. The van der Waals surface area contributed by atoms with Crippen molar-refractivity contribution in [3.05, 3.63) is 35.0 Å². The number of ether oxygens (including phenoxy) is 2. The summed E-state index contributed by atoms with van der Waals surface area (Å²) in [6.45, 7) is 1.70. The van der Waals surface area contributed by atoms with E-state index in [1.165, 1.54) is 0 Å². The van der Waals surface area contributed by atoms with Crippen LogP contribution in [0.2, 0.25) is 0 Å². The largest absolute Gasteiger partial charge is 0.488 e. The Morgan fingerprint density at radius 2 is 2.40 bits per heavy atom. The molecule has 1 N–H and O–H groups in total. The van der Waals surface area contributed by atoms with E-state index in [0.717, 1.165) is 5.56 Å². The number of nitrogens with one attached hydrogen (secondary N) is 1. The third kappa shape index (κ3) is 1.93. The summed E-state index contributed by atoms with van der Waals surface area (Å²) in [6.07, 6.45) is 0. The van der Waals surface area contributed by atoms with Gasteiger partial charge in [-0.05, 0) is 24.6 Å². The lowest BCUT2D eigenvalue weighted by atomic mass is 10.0. The Kier molecular flexibility index (Phi) is 3.14. The van der Waals surface area contributed by atoms with Gasteiger partial charge in [-0.2, -0.15) is 5.10 Å². The maximum atomic E-state index is 12.6. The molecule has 3 rings (SSSR count). The number of esters is 1. The summed E-state index contributed by atoms with van der Waals surface area (Å²) in [5.74, 6) is 0.128. The van der Waals surface area contributed by atoms with Crippen LogP contribution in [0.4, 0.5) is 4.39 Å². The molecule has 2 aromatic rings. The molecule has 0 aliphatic carbocycles. The second kappa shape index (κ2) is 4.96. The Morgan fingerprint density at radius 1 is 1.55 bits per heavy atom. The van der Waals surface area contributed by atoms with Crippen molar-refractivity contribution in [2.45, 2.75) is 20.2 Å². The van der Waals surface area contributed by atoms with Gasteiger partial charge in [0.25, 0.3) is 0 Å². The summed E-state index contributed by atoms with van der Waals surface area (Å²) in [5.41, 5.74) is 2.93. The standard InChI is InChI=1S/C14H13FN2O3/c1-2-19-14(18)13-10-7-20-11-5-8(6-15)3-4-9(11)12(10)16-17-13/h3-5H,2,6-7H2,1H3,(H,16,17). The number of aromatic nitrogens is 2. The number of nitrogens with zero attached hydrogens (tertiary/aromatic N) is 1. The second-order valence-electron chi connectivity index (χ2n) is 4.40. The van der Waals surface area contributed by atoms with E-state index in [-0.39, 0.29) is 6.61 Å². The molecule has 1 aromatic carbocycles. The van der Waals surface area contributed by atoms with E-state index in [1.54, 1.807) is 25.1 Å². The van der Waals surface area contributed by atoms with Crippen LogP contribution in [0.5, 0.6) is 5.75 Å². The smallest absolute Gasteiger partial charge is 0.356 e. The molecule has 6 heteroatoms. The molecule has 1 aliphatic heterocycles. The minimum absolute atomic E-state index is 0.211. The lowest BCUT2D eigenvalue weighted by Gasteiger charge is -2.17. The fourth-order valence-electron chi connectivity index (χ4n) is 2.22. The quantitative estimate of drug-likeness (QED) is 0.875. The van der Waals surface area contributed by atoms with Gasteiger partial charge in [-0.25, -0.2) is 9.18 Å². The molecule has 0 unspecified atom stereocenters. The molecule has 0 bridgehead atoms. The zero-order valence-corrected chi connectivity index (χ0v) is 10.9. The molecule has 0 amide bonds. The number of alkyl halides is 1. The van der Waals surface area contributed by atoms with E-state index in [9.17, 15) is 9.18 Å². The number of aromatic amines is 1.